The summed E-state index contributed by atoms with van der Waals surface area (Å²) in [5, 5.41) is 14.6. The lowest BCUT2D eigenvalue weighted by atomic mass is 10.1. The van der Waals surface area contributed by atoms with E-state index in [0.717, 1.165) is 31.8 Å². The van der Waals surface area contributed by atoms with Crippen molar-refractivity contribution in [2.75, 3.05) is 13.1 Å². The minimum Gasteiger partial charge on any atom is -0.475 e. The summed E-state index contributed by atoms with van der Waals surface area (Å²) in [6.45, 7) is 3.14. The van der Waals surface area contributed by atoms with Gasteiger partial charge < -0.3 is 14.8 Å². The minimum atomic E-state index is -5.08. The predicted octanol–water partition coefficient (Wildman–Crippen LogP) is 3.49. The fraction of sp³-hybridized carbons (Fsp3) is 0.318. The summed E-state index contributed by atoms with van der Waals surface area (Å²) in [6, 6.07) is 15.5. The van der Waals surface area contributed by atoms with Crippen molar-refractivity contribution < 1.29 is 32.3 Å². The van der Waals surface area contributed by atoms with Gasteiger partial charge in [0.15, 0.2) is 0 Å². The molecule has 1 atom stereocenters. The summed E-state index contributed by atoms with van der Waals surface area (Å²) in [7, 11) is 0. The number of carboxylic acid groups (broad SMARTS) is 1. The number of alkyl halides is 3. The van der Waals surface area contributed by atoms with Crippen LogP contribution in [0.5, 0.6) is 0 Å². The van der Waals surface area contributed by atoms with Crippen molar-refractivity contribution in [2.24, 2.45) is 0 Å². The van der Waals surface area contributed by atoms with Crippen LogP contribution in [-0.4, -0.2) is 50.9 Å². The van der Waals surface area contributed by atoms with Crippen LogP contribution < -0.4 is 5.32 Å². The van der Waals surface area contributed by atoms with E-state index in [2.05, 4.69) is 26.1 Å². The first-order valence-corrected chi connectivity index (χ1v) is 10.1. The lowest BCUT2D eigenvalue weighted by Crippen LogP contribution is -2.38. The highest BCUT2D eigenvalue weighted by atomic mass is 19.4. The van der Waals surface area contributed by atoms with E-state index in [-0.39, 0.29) is 11.9 Å². The molecule has 3 aromatic rings. The Kier molecular flexibility index (Phi) is 7.88. The van der Waals surface area contributed by atoms with Crippen molar-refractivity contribution in [1.82, 2.24) is 20.0 Å². The number of hydrogen-bond acceptors (Lipinski definition) is 5. The molecule has 1 aromatic carbocycles. The van der Waals surface area contributed by atoms with Gasteiger partial charge in [0.25, 0.3) is 5.91 Å². The second kappa shape index (κ2) is 10.8. The second-order valence-electron chi connectivity index (χ2n) is 7.38. The van der Waals surface area contributed by atoms with Gasteiger partial charge in [-0.3, -0.25) is 14.4 Å². The first-order chi connectivity index (χ1) is 15.7. The molecule has 2 N–H and O–H groups in total. The van der Waals surface area contributed by atoms with E-state index in [1.54, 1.807) is 6.26 Å². The summed E-state index contributed by atoms with van der Waals surface area (Å²) in [5.41, 5.74) is 1.89. The van der Waals surface area contributed by atoms with E-state index in [1.165, 1.54) is 5.69 Å². The van der Waals surface area contributed by atoms with Gasteiger partial charge in [0.05, 0.1) is 24.5 Å². The number of rotatable bonds is 6. The van der Waals surface area contributed by atoms with E-state index in [1.807, 2.05) is 48.7 Å². The monoisotopic (exact) mass is 464 g/mol. The highest BCUT2D eigenvalue weighted by Gasteiger charge is 2.38. The standard InChI is InChI=1S/C20H22N4O2.C2HF3O2/c25-20(16-5-2-1-3-6-16)21-10-8-17-13-23(15-19-7-4-12-26-19)14-18-9-11-22-24(17)18;3-2(4,5)1(6)7/h1-7,9,11-12,17H,8,10,13-15H2,(H,21,25);(H,6,7). The molecule has 1 unspecified atom stereocenters. The molecular formula is C22H23F3N4O4. The van der Waals surface area contributed by atoms with Crippen LogP contribution >= 0.6 is 0 Å². The molecule has 4 rings (SSSR count). The number of nitrogens with zero attached hydrogens (tertiary/aromatic N) is 3. The van der Waals surface area contributed by atoms with Gasteiger partial charge in [0, 0.05) is 31.4 Å². The zero-order chi connectivity index (χ0) is 23.8. The Morgan fingerprint density at radius 3 is 2.52 bits per heavy atom. The highest BCUT2D eigenvalue weighted by Crippen LogP contribution is 2.24. The molecule has 1 amide bonds. The lowest BCUT2D eigenvalue weighted by Gasteiger charge is -2.33. The number of furan rings is 1. The van der Waals surface area contributed by atoms with Crippen molar-refractivity contribution in [3.05, 3.63) is 78.0 Å². The Labute approximate surface area is 187 Å². The molecule has 0 spiro atoms. The van der Waals surface area contributed by atoms with Crippen molar-refractivity contribution in [2.45, 2.75) is 31.7 Å². The van der Waals surface area contributed by atoms with Gasteiger partial charge in [0.2, 0.25) is 0 Å². The molecule has 8 nitrogen and oxygen atoms in total. The quantitative estimate of drug-likeness (QED) is 0.579. The molecule has 1 aliphatic heterocycles. The Balaban J connectivity index is 0.000000383. The van der Waals surface area contributed by atoms with Gasteiger partial charge in [-0.05, 0) is 36.8 Å². The largest absolute Gasteiger partial charge is 0.490 e. The fourth-order valence-corrected chi connectivity index (χ4v) is 3.47. The first kappa shape index (κ1) is 24.1. The predicted molar refractivity (Wildman–Crippen MR) is 111 cm³/mol. The van der Waals surface area contributed by atoms with Gasteiger partial charge in [0.1, 0.15) is 5.76 Å². The number of fused-ring (bicyclic) bond motifs is 1. The number of hydrogen-bond donors (Lipinski definition) is 2. The SMILES string of the molecule is O=C(NCCC1CN(Cc2ccco2)Cc2ccnn21)c1ccccc1.O=C(O)C(F)(F)F. The summed E-state index contributed by atoms with van der Waals surface area (Å²) in [4.78, 5) is 23.5. The van der Waals surface area contributed by atoms with Crippen LogP contribution in [0.3, 0.4) is 0 Å². The third kappa shape index (κ3) is 6.94. The molecule has 33 heavy (non-hydrogen) atoms. The smallest absolute Gasteiger partial charge is 0.475 e. The molecule has 0 saturated carbocycles. The van der Waals surface area contributed by atoms with Crippen LogP contribution in [0.2, 0.25) is 0 Å². The summed E-state index contributed by atoms with van der Waals surface area (Å²) in [5.74, 6) is -1.82. The van der Waals surface area contributed by atoms with Crippen LogP contribution in [0, 0.1) is 0 Å². The van der Waals surface area contributed by atoms with Crippen molar-refractivity contribution in [3.63, 3.8) is 0 Å². The molecular weight excluding hydrogens is 441 g/mol. The number of halogens is 3. The summed E-state index contributed by atoms with van der Waals surface area (Å²) < 4.78 is 39.3. The maximum Gasteiger partial charge on any atom is 0.490 e. The van der Waals surface area contributed by atoms with E-state index in [0.29, 0.717) is 12.1 Å². The number of benzene rings is 1. The number of aromatic nitrogens is 2. The molecule has 1 aliphatic rings. The van der Waals surface area contributed by atoms with E-state index >= 15 is 0 Å². The third-order valence-corrected chi connectivity index (χ3v) is 4.95. The van der Waals surface area contributed by atoms with Crippen molar-refractivity contribution in [1.29, 1.82) is 0 Å². The molecule has 2 aromatic heterocycles. The van der Waals surface area contributed by atoms with E-state index in [4.69, 9.17) is 14.3 Å². The fourth-order valence-electron chi connectivity index (χ4n) is 3.47. The van der Waals surface area contributed by atoms with Crippen molar-refractivity contribution >= 4 is 11.9 Å². The molecule has 11 heteroatoms. The minimum absolute atomic E-state index is 0.0328. The third-order valence-electron chi connectivity index (χ3n) is 4.95. The van der Waals surface area contributed by atoms with Gasteiger partial charge >= 0.3 is 12.1 Å². The zero-order valence-corrected chi connectivity index (χ0v) is 17.5. The van der Waals surface area contributed by atoms with Crippen LogP contribution in [0.1, 0.15) is 34.3 Å². The zero-order valence-electron chi connectivity index (χ0n) is 17.5. The Morgan fingerprint density at radius 1 is 1.15 bits per heavy atom. The highest BCUT2D eigenvalue weighted by molar-refractivity contribution is 5.94. The number of nitrogens with one attached hydrogen (secondary N) is 1. The number of amides is 1. The van der Waals surface area contributed by atoms with Crippen LogP contribution in [0.4, 0.5) is 13.2 Å². The van der Waals surface area contributed by atoms with E-state index in [9.17, 15) is 18.0 Å². The maximum atomic E-state index is 12.2. The van der Waals surface area contributed by atoms with Crippen LogP contribution in [-0.2, 0) is 17.9 Å². The average Bonchev–Trinajstić information content (AvgIpc) is 3.46. The topological polar surface area (TPSA) is 101 Å². The first-order valence-electron chi connectivity index (χ1n) is 10.1. The Hall–Kier alpha value is -3.60. The maximum absolute atomic E-state index is 12.2. The van der Waals surface area contributed by atoms with Gasteiger partial charge in [-0.25, -0.2) is 4.79 Å². The summed E-state index contributed by atoms with van der Waals surface area (Å²) in [6.07, 6.45) is -0.691. The second-order valence-corrected chi connectivity index (χ2v) is 7.38. The lowest BCUT2D eigenvalue weighted by molar-refractivity contribution is -0.192. The molecule has 0 radical (unpaired) electrons. The number of carbonyl (C=O) groups excluding carboxylic acids is 1. The molecule has 3 heterocycles. The molecule has 0 aliphatic carbocycles. The molecule has 176 valence electrons. The Bertz CT molecular complexity index is 1040. The normalized spacial score (nSPS) is 15.8. The van der Waals surface area contributed by atoms with Gasteiger partial charge in [-0.1, -0.05) is 18.2 Å². The summed E-state index contributed by atoms with van der Waals surface area (Å²) >= 11 is 0. The Morgan fingerprint density at radius 2 is 1.88 bits per heavy atom. The number of carbonyl (C=O) groups is 2. The molecule has 0 fully saturated rings. The van der Waals surface area contributed by atoms with E-state index < -0.39 is 12.1 Å². The average molecular weight is 464 g/mol. The number of aliphatic carboxylic acids is 1. The van der Waals surface area contributed by atoms with Gasteiger partial charge in [-0.15, -0.1) is 0 Å². The van der Waals surface area contributed by atoms with Gasteiger partial charge in [-0.2, -0.15) is 18.3 Å². The van der Waals surface area contributed by atoms with Crippen LogP contribution in [0.25, 0.3) is 0 Å². The van der Waals surface area contributed by atoms with Crippen molar-refractivity contribution in [3.8, 4) is 0 Å². The molecule has 0 bridgehead atoms. The number of carboxylic acids is 1. The molecule has 0 saturated heterocycles. The van der Waals surface area contributed by atoms with Crippen LogP contribution in [0.15, 0.2) is 65.4 Å².